The van der Waals surface area contributed by atoms with Gasteiger partial charge in [-0.2, -0.15) is 0 Å². The highest BCUT2D eigenvalue weighted by atomic mass is 16.4. The second-order valence-corrected chi connectivity index (χ2v) is 4.70. The van der Waals surface area contributed by atoms with Gasteiger partial charge in [0.1, 0.15) is 0 Å². The molecule has 1 saturated heterocycles. The van der Waals surface area contributed by atoms with Crippen molar-refractivity contribution < 1.29 is 9.90 Å². The molecule has 1 fully saturated rings. The van der Waals surface area contributed by atoms with Gasteiger partial charge in [-0.05, 0) is 44.5 Å². The van der Waals surface area contributed by atoms with E-state index in [1.807, 2.05) is 19.2 Å². The third-order valence-electron chi connectivity index (χ3n) is 3.32. The van der Waals surface area contributed by atoms with E-state index in [1.165, 1.54) is 5.56 Å². The summed E-state index contributed by atoms with van der Waals surface area (Å²) in [6, 6.07) is 4.10. The Hall–Kier alpha value is -1.42. The molecule has 4 heteroatoms. The number of nitrogens with zero attached hydrogens (tertiary/aromatic N) is 2. The molecule has 0 spiro atoms. The number of rotatable bonds is 3. The molecule has 1 aliphatic rings. The van der Waals surface area contributed by atoms with Crippen LogP contribution in [0.5, 0.6) is 0 Å². The van der Waals surface area contributed by atoms with Crippen LogP contribution in [0.2, 0.25) is 0 Å². The van der Waals surface area contributed by atoms with Crippen LogP contribution >= 0.6 is 0 Å². The van der Waals surface area contributed by atoms with Gasteiger partial charge < -0.3 is 5.11 Å². The predicted octanol–water partition coefficient (Wildman–Crippen LogP) is 1.69. The maximum atomic E-state index is 10.8. The number of carboxylic acid groups (broad SMARTS) is 1. The summed E-state index contributed by atoms with van der Waals surface area (Å²) in [7, 11) is 0. The van der Waals surface area contributed by atoms with Crippen LogP contribution in [0.25, 0.3) is 0 Å². The summed E-state index contributed by atoms with van der Waals surface area (Å²) in [6.45, 7) is 4.58. The van der Waals surface area contributed by atoms with Gasteiger partial charge in [0, 0.05) is 18.4 Å². The van der Waals surface area contributed by atoms with Gasteiger partial charge in [0.15, 0.2) is 0 Å². The van der Waals surface area contributed by atoms with Crippen molar-refractivity contribution in [3.63, 3.8) is 0 Å². The zero-order valence-corrected chi connectivity index (χ0v) is 10.1. The van der Waals surface area contributed by atoms with Crippen LogP contribution in [0, 0.1) is 12.8 Å². The molecule has 0 bridgehead atoms. The van der Waals surface area contributed by atoms with E-state index in [9.17, 15) is 4.79 Å². The average molecular weight is 234 g/mol. The van der Waals surface area contributed by atoms with Gasteiger partial charge in [0.2, 0.25) is 0 Å². The second-order valence-electron chi connectivity index (χ2n) is 4.70. The fraction of sp³-hybridized carbons (Fsp3) is 0.538. The number of pyridine rings is 1. The molecule has 1 aromatic rings. The first-order chi connectivity index (χ1) is 8.15. The van der Waals surface area contributed by atoms with Crippen molar-refractivity contribution in [1.82, 2.24) is 9.88 Å². The number of carbonyl (C=O) groups is 1. The number of aromatic nitrogens is 1. The lowest BCUT2D eigenvalue weighted by Gasteiger charge is -2.29. The molecule has 92 valence electrons. The zero-order chi connectivity index (χ0) is 12.3. The summed E-state index contributed by atoms with van der Waals surface area (Å²) in [4.78, 5) is 17.4. The quantitative estimate of drug-likeness (QED) is 0.864. The van der Waals surface area contributed by atoms with Crippen LogP contribution in [0.15, 0.2) is 18.3 Å². The van der Waals surface area contributed by atoms with Crippen LogP contribution in [-0.4, -0.2) is 34.0 Å². The van der Waals surface area contributed by atoms with E-state index in [4.69, 9.17) is 5.11 Å². The number of piperidine rings is 1. The Balaban J connectivity index is 1.85. The lowest BCUT2D eigenvalue weighted by Crippen LogP contribution is -2.35. The topological polar surface area (TPSA) is 53.4 Å². The summed E-state index contributed by atoms with van der Waals surface area (Å²) in [6.07, 6.45) is 3.42. The molecule has 2 heterocycles. The first-order valence-electron chi connectivity index (χ1n) is 6.02. The van der Waals surface area contributed by atoms with Gasteiger partial charge in [0.25, 0.3) is 0 Å². The van der Waals surface area contributed by atoms with Crippen molar-refractivity contribution in [1.29, 1.82) is 0 Å². The summed E-state index contributed by atoms with van der Waals surface area (Å²) in [5.74, 6) is -0.802. The first-order valence-corrected chi connectivity index (χ1v) is 6.02. The van der Waals surface area contributed by atoms with E-state index >= 15 is 0 Å². The summed E-state index contributed by atoms with van der Waals surface area (Å²) < 4.78 is 0. The minimum Gasteiger partial charge on any atom is -0.481 e. The third-order valence-corrected chi connectivity index (χ3v) is 3.32. The number of hydrogen-bond donors (Lipinski definition) is 1. The standard InChI is InChI=1S/C13H18N2O2/c1-10-2-3-11(8-14-10)9-15-6-4-12(5-7-15)13(16)17/h2-3,8,12H,4-7,9H2,1H3,(H,16,17). The van der Waals surface area contributed by atoms with E-state index in [-0.39, 0.29) is 5.92 Å². The van der Waals surface area contributed by atoms with Crippen LogP contribution in [0.4, 0.5) is 0 Å². The van der Waals surface area contributed by atoms with Crippen LogP contribution in [0.3, 0.4) is 0 Å². The molecule has 0 amide bonds. The van der Waals surface area contributed by atoms with Gasteiger partial charge >= 0.3 is 5.97 Å². The molecule has 4 nitrogen and oxygen atoms in total. The SMILES string of the molecule is Cc1ccc(CN2CCC(C(=O)O)CC2)cn1. The lowest BCUT2D eigenvalue weighted by atomic mass is 9.97. The minimum atomic E-state index is -0.651. The number of hydrogen-bond acceptors (Lipinski definition) is 3. The lowest BCUT2D eigenvalue weighted by molar-refractivity contribution is -0.143. The Labute approximate surface area is 101 Å². The third kappa shape index (κ3) is 3.27. The summed E-state index contributed by atoms with van der Waals surface area (Å²) in [5, 5.41) is 8.92. The summed E-state index contributed by atoms with van der Waals surface area (Å²) >= 11 is 0. The molecular formula is C13H18N2O2. The van der Waals surface area contributed by atoms with Crippen molar-refractivity contribution >= 4 is 5.97 Å². The molecule has 0 saturated carbocycles. The molecule has 1 aromatic heterocycles. The fourth-order valence-electron chi connectivity index (χ4n) is 2.19. The Bertz CT molecular complexity index is 381. The van der Waals surface area contributed by atoms with Gasteiger partial charge in [0.05, 0.1) is 5.92 Å². The van der Waals surface area contributed by atoms with Crippen molar-refractivity contribution in [3.8, 4) is 0 Å². The molecule has 0 aliphatic carbocycles. The van der Waals surface area contributed by atoms with Crippen LogP contribution in [0.1, 0.15) is 24.1 Å². The molecule has 1 aliphatic heterocycles. The van der Waals surface area contributed by atoms with Gasteiger partial charge in [-0.1, -0.05) is 6.07 Å². The molecule has 2 rings (SSSR count). The van der Waals surface area contributed by atoms with Crippen molar-refractivity contribution in [2.75, 3.05) is 13.1 Å². The Kier molecular flexibility index (Phi) is 3.74. The minimum absolute atomic E-state index is 0.151. The number of likely N-dealkylation sites (tertiary alicyclic amines) is 1. The normalized spacial score (nSPS) is 18.2. The second kappa shape index (κ2) is 5.27. The highest BCUT2D eigenvalue weighted by molar-refractivity contribution is 5.70. The van der Waals surface area contributed by atoms with Gasteiger partial charge in [-0.3, -0.25) is 14.7 Å². The van der Waals surface area contributed by atoms with E-state index < -0.39 is 5.97 Å². The van der Waals surface area contributed by atoms with E-state index in [0.717, 1.165) is 38.2 Å². The van der Waals surface area contributed by atoms with Crippen LogP contribution in [-0.2, 0) is 11.3 Å². The number of carboxylic acids is 1. The monoisotopic (exact) mass is 234 g/mol. The Morgan fingerprint density at radius 2 is 2.18 bits per heavy atom. The van der Waals surface area contributed by atoms with Crippen molar-refractivity contribution in [3.05, 3.63) is 29.6 Å². The van der Waals surface area contributed by atoms with Crippen LogP contribution < -0.4 is 0 Å². The molecule has 0 aromatic carbocycles. The largest absolute Gasteiger partial charge is 0.481 e. The highest BCUT2D eigenvalue weighted by Crippen LogP contribution is 2.18. The summed E-state index contributed by atoms with van der Waals surface area (Å²) in [5.41, 5.74) is 2.22. The van der Waals surface area contributed by atoms with E-state index in [1.54, 1.807) is 0 Å². The molecule has 0 atom stereocenters. The molecule has 17 heavy (non-hydrogen) atoms. The molecule has 0 radical (unpaired) electrons. The first kappa shape index (κ1) is 12.0. The molecule has 1 N–H and O–H groups in total. The predicted molar refractivity (Wildman–Crippen MR) is 64.6 cm³/mol. The zero-order valence-electron chi connectivity index (χ0n) is 10.1. The van der Waals surface area contributed by atoms with Crippen molar-refractivity contribution in [2.45, 2.75) is 26.3 Å². The maximum Gasteiger partial charge on any atom is 0.306 e. The Morgan fingerprint density at radius 1 is 1.47 bits per heavy atom. The van der Waals surface area contributed by atoms with Gasteiger partial charge in [-0.15, -0.1) is 0 Å². The molecular weight excluding hydrogens is 216 g/mol. The highest BCUT2D eigenvalue weighted by Gasteiger charge is 2.24. The van der Waals surface area contributed by atoms with Gasteiger partial charge in [-0.25, -0.2) is 0 Å². The van der Waals surface area contributed by atoms with Crippen molar-refractivity contribution in [2.24, 2.45) is 5.92 Å². The fourth-order valence-corrected chi connectivity index (χ4v) is 2.19. The average Bonchev–Trinajstić information content (AvgIpc) is 2.33. The smallest absolute Gasteiger partial charge is 0.306 e. The molecule has 0 unspecified atom stereocenters. The van der Waals surface area contributed by atoms with E-state index in [0.29, 0.717) is 0 Å². The Morgan fingerprint density at radius 3 is 2.71 bits per heavy atom. The van der Waals surface area contributed by atoms with E-state index in [2.05, 4.69) is 16.0 Å². The number of aliphatic carboxylic acids is 1. The number of aryl methyl sites for hydroxylation is 1. The maximum absolute atomic E-state index is 10.8.